The molecule has 33 heavy (non-hydrogen) atoms. The fourth-order valence-electron chi connectivity index (χ4n) is 4.70. The Morgan fingerprint density at radius 3 is 2.67 bits per heavy atom. The van der Waals surface area contributed by atoms with Gasteiger partial charge in [-0.15, -0.1) is 0 Å². The van der Waals surface area contributed by atoms with E-state index in [4.69, 9.17) is 4.74 Å². The van der Waals surface area contributed by atoms with Crippen molar-refractivity contribution in [1.82, 2.24) is 10.6 Å². The van der Waals surface area contributed by atoms with Crippen LogP contribution in [0.25, 0.3) is 0 Å². The smallest absolute Gasteiger partial charge is 0.322 e. The zero-order valence-electron chi connectivity index (χ0n) is 18.3. The third kappa shape index (κ3) is 3.59. The highest BCUT2D eigenvalue weighted by atomic mass is 16.5. The maximum Gasteiger partial charge on any atom is 0.322 e. The molecule has 0 aromatic heterocycles. The Kier molecular flexibility index (Phi) is 4.84. The summed E-state index contributed by atoms with van der Waals surface area (Å²) in [6.45, 7) is 3.65. The van der Waals surface area contributed by atoms with Crippen LogP contribution in [-0.2, 0) is 27.2 Å². The highest BCUT2D eigenvalue weighted by molar-refractivity contribution is 6.08. The lowest BCUT2D eigenvalue weighted by Crippen LogP contribution is -2.50. The van der Waals surface area contributed by atoms with Gasteiger partial charge in [-0.2, -0.15) is 0 Å². The number of imide groups is 1. The van der Waals surface area contributed by atoms with Crippen LogP contribution >= 0.6 is 0 Å². The molecule has 1 saturated heterocycles. The van der Waals surface area contributed by atoms with Gasteiger partial charge in [0.1, 0.15) is 17.8 Å². The number of fused-ring (bicyclic) bond motifs is 2. The van der Waals surface area contributed by atoms with Gasteiger partial charge in [-0.25, -0.2) is 4.79 Å². The van der Waals surface area contributed by atoms with Crippen molar-refractivity contribution in [3.63, 3.8) is 0 Å². The Bertz CT molecular complexity index is 1200. The standard InChI is InChI=1S/C24H24N4O5.2H2/c1-13(2)20-21(30)28(17-5-3-4-6-18(17)33-20)12-19(29)25-16-8-7-14-10-24(11-15(14)9-16)22(31)26-23(32)27-24;;/h3-9,13,20H,10-12H2,1-2H3,(H,25,29)(H2,26,27,31,32);2*1H/t20-,24?;;/m0../s1. The summed E-state index contributed by atoms with van der Waals surface area (Å²) in [6.07, 6.45) is 0.107. The summed E-state index contributed by atoms with van der Waals surface area (Å²) in [5, 5.41) is 7.87. The summed E-state index contributed by atoms with van der Waals surface area (Å²) in [6, 6.07) is 12.1. The number of hydrogen-bond acceptors (Lipinski definition) is 5. The molecule has 9 nitrogen and oxygen atoms in total. The number of ether oxygens (including phenoxy) is 1. The molecule has 2 aromatic carbocycles. The Labute approximate surface area is 193 Å². The van der Waals surface area contributed by atoms with Gasteiger partial charge in [0.2, 0.25) is 5.91 Å². The van der Waals surface area contributed by atoms with Crippen LogP contribution < -0.4 is 25.6 Å². The zero-order chi connectivity index (χ0) is 23.3. The first-order valence-electron chi connectivity index (χ1n) is 10.9. The van der Waals surface area contributed by atoms with Crippen LogP contribution in [0, 0.1) is 5.92 Å². The molecule has 5 amide bonds. The second-order valence-electron chi connectivity index (χ2n) is 9.05. The number of nitrogens with one attached hydrogen (secondary N) is 3. The first kappa shape index (κ1) is 21.0. The lowest BCUT2D eigenvalue weighted by molar-refractivity contribution is -0.129. The van der Waals surface area contributed by atoms with Crippen LogP contribution in [0.3, 0.4) is 0 Å². The number of hydrogen-bond donors (Lipinski definition) is 3. The van der Waals surface area contributed by atoms with E-state index in [0.29, 0.717) is 30.0 Å². The van der Waals surface area contributed by atoms with Crippen LogP contribution in [0.1, 0.15) is 27.8 Å². The van der Waals surface area contributed by atoms with Gasteiger partial charge in [-0.3, -0.25) is 24.6 Å². The number of carbonyl (C=O) groups excluding carboxylic acids is 4. The average molecular weight is 453 g/mol. The number of rotatable bonds is 4. The van der Waals surface area contributed by atoms with E-state index in [1.165, 1.54) is 4.90 Å². The fourth-order valence-corrected chi connectivity index (χ4v) is 4.70. The van der Waals surface area contributed by atoms with Crippen molar-refractivity contribution in [1.29, 1.82) is 0 Å². The van der Waals surface area contributed by atoms with Crippen LogP contribution in [-0.4, -0.2) is 41.9 Å². The zero-order valence-corrected chi connectivity index (χ0v) is 18.3. The van der Waals surface area contributed by atoms with Gasteiger partial charge in [0, 0.05) is 21.4 Å². The molecule has 0 saturated carbocycles. The van der Waals surface area contributed by atoms with Gasteiger partial charge in [-0.1, -0.05) is 32.0 Å². The largest absolute Gasteiger partial charge is 0.478 e. The minimum atomic E-state index is -0.960. The van der Waals surface area contributed by atoms with Crippen LogP contribution in [0.2, 0.25) is 0 Å². The van der Waals surface area contributed by atoms with Crippen LogP contribution in [0.5, 0.6) is 5.75 Å². The summed E-state index contributed by atoms with van der Waals surface area (Å²) in [7, 11) is 0. The van der Waals surface area contributed by atoms with Crippen molar-refractivity contribution in [3.05, 3.63) is 53.6 Å². The molecule has 9 heteroatoms. The topological polar surface area (TPSA) is 117 Å². The molecule has 174 valence electrons. The van der Waals surface area contributed by atoms with E-state index in [0.717, 1.165) is 11.1 Å². The number of urea groups is 1. The highest BCUT2D eigenvalue weighted by Crippen LogP contribution is 2.36. The molecule has 1 aliphatic carbocycles. The van der Waals surface area contributed by atoms with E-state index >= 15 is 0 Å². The van der Waals surface area contributed by atoms with E-state index in [1.807, 2.05) is 32.0 Å². The van der Waals surface area contributed by atoms with Gasteiger partial charge in [0.25, 0.3) is 11.8 Å². The summed E-state index contributed by atoms with van der Waals surface area (Å²) in [5.74, 6) is -0.407. The van der Waals surface area contributed by atoms with Crippen molar-refractivity contribution in [2.24, 2.45) is 5.92 Å². The van der Waals surface area contributed by atoms with Gasteiger partial charge in [0.05, 0.1) is 5.69 Å². The molecule has 1 unspecified atom stereocenters. The lowest BCUT2D eigenvalue weighted by atomic mass is 9.96. The molecule has 2 atom stereocenters. The third-order valence-corrected chi connectivity index (χ3v) is 6.32. The molecule has 2 aliphatic heterocycles. The molecule has 1 spiro atoms. The quantitative estimate of drug-likeness (QED) is 0.615. The minimum Gasteiger partial charge on any atom is -0.478 e. The van der Waals surface area contributed by atoms with E-state index in [2.05, 4.69) is 16.0 Å². The van der Waals surface area contributed by atoms with E-state index in [1.54, 1.807) is 24.3 Å². The summed E-state index contributed by atoms with van der Waals surface area (Å²) >= 11 is 0. The maximum atomic E-state index is 13.0. The molecule has 0 radical (unpaired) electrons. The number of amides is 5. The number of anilines is 2. The number of benzene rings is 2. The summed E-state index contributed by atoms with van der Waals surface area (Å²) < 4.78 is 5.86. The van der Waals surface area contributed by atoms with Crippen molar-refractivity contribution in [2.45, 2.75) is 38.3 Å². The van der Waals surface area contributed by atoms with Crippen molar-refractivity contribution < 1.29 is 26.8 Å². The fraction of sp³-hybridized carbons (Fsp3) is 0.333. The van der Waals surface area contributed by atoms with Crippen molar-refractivity contribution in [3.8, 4) is 5.75 Å². The van der Waals surface area contributed by atoms with Gasteiger partial charge < -0.3 is 15.4 Å². The number of para-hydroxylation sites is 2. The summed E-state index contributed by atoms with van der Waals surface area (Å²) in [5.41, 5.74) is 2.00. The molecule has 3 N–H and O–H groups in total. The van der Waals surface area contributed by atoms with Gasteiger partial charge >= 0.3 is 6.03 Å². The molecule has 0 bridgehead atoms. The Balaban J connectivity index is 0.00000171. The Morgan fingerprint density at radius 2 is 1.94 bits per heavy atom. The molecule has 2 heterocycles. The normalized spacial score (nSPS) is 23.2. The van der Waals surface area contributed by atoms with Gasteiger partial charge in [0.15, 0.2) is 6.10 Å². The van der Waals surface area contributed by atoms with Crippen molar-refractivity contribution in [2.75, 3.05) is 16.8 Å². The Hall–Kier alpha value is -3.88. The average Bonchev–Trinajstić information content (AvgIpc) is 3.26. The second kappa shape index (κ2) is 7.61. The monoisotopic (exact) mass is 452 g/mol. The van der Waals surface area contributed by atoms with Crippen LogP contribution in [0.4, 0.5) is 16.2 Å². The predicted octanol–water partition coefficient (Wildman–Crippen LogP) is 2.24. The highest BCUT2D eigenvalue weighted by Gasteiger charge is 2.50. The maximum absolute atomic E-state index is 13.0. The molecule has 2 aromatic rings. The first-order valence-corrected chi connectivity index (χ1v) is 10.9. The molecule has 3 aliphatic rings. The van der Waals surface area contributed by atoms with Crippen LogP contribution in [0.15, 0.2) is 42.5 Å². The van der Waals surface area contributed by atoms with E-state index in [-0.39, 0.29) is 33.0 Å². The second-order valence-corrected chi connectivity index (χ2v) is 9.05. The molecule has 5 rings (SSSR count). The molecular formula is C24H28N4O5. The summed E-state index contributed by atoms with van der Waals surface area (Å²) in [4.78, 5) is 51.2. The minimum absolute atomic E-state index is 0. The predicted molar refractivity (Wildman–Crippen MR) is 124 cm³/mol. The first-order chi connectivity index (χ1) is 15.8. The van der Waals surface area contributed by atoms with Gasteiger partial charge in [-0.05, 0) is 41.3 Å². The van der Waals surface area contributed by atoms with Crippen molar-refractivity contribution >= 4 is 35.1 Å². The Morgan fingerprint density at radius 1 is 1.18 bits per heavy atom. The molecule has 1 fully saturated rings. The van der Waals surface area contributed by atoms with E-state index < -0.39 is 17.7 Å². The SMILES string of the molecule is CC(C)[C@@H]1Oc2ccccc2N(CC(=O)Nc2ccc3c(c2)CC2(C3)NC(=O)NC2=O)C1=O.[HH].[HH]. The molecular weight excluding hydrogens is 424 g/mol. The number of carbonyl (C=O) groups is 4. The third-order valence-electron chi connectivity index (χ3n) is 6.32. The van der Waals surface area contributed by atoms with E-state index in [9.17, 15) is 19.2 Å². The lowest BCUT2D eigenvalue weighted by Gasteiger charge is -2.35. The number of nitrogens with zero attached hydrogens (tertiary/aromatic N) is 1.